The van der Waals surface area contributed by atoms with E-state index in [0.717, 1.165) is 4.57 Å². The largest absolute Gasteiger partial charge is 0.476 e. The molecular formula is C11H13NO6. The van der Waals surface area contributed by atoms with Gasteiger partial charge in [0.25, 0.3) is 5.56 Å². The Morgan fingerprint density at radius 1 is 1.22 bits per heavy atom. The standard InChI is InChI=1S/C11H13NO6/c1-16-9(13)6-12-5-3-4-8(11(12)15)18-7-10(14)17-2/h3-5H,6-7H2,1-2H3. The molecule has 1 aromatic rings. The predicted molar refractivity (Wildman–Crippen MR) is 60.2 cm³/mol. The third-order valence-electron chi connectivity index (χ3n) is 2.09. The molecular weight excluding hydrogens is 242 g/mol. The molecule has 0 radical (unpaired) electrons. The van der Waals surface area contributed by atoms with Crippen molar-refractivity contribution >= 4 is 11.9 Å². The first-order valence-corrected chi connectivity index (χ1v) is 5.04. The first-order chi connectivity index (χ1) is 8.58. The number of ether oxygens (including phenoxy) is 3. The zero-order chi connectivity index (χ0) is 13.5. The first kappa shape index (κ1) is 13.8. The summed E-state index contributed by atoms with van der Waals surface area (Å²) in [6, 6.07) is 2.93. The molecule has 0 fully saturated rings. The van der Waals surface area contributed by atoms with Crippen molar-refractivity contribution in [2.75, 3.05) is 20.8 Å². The van der Waals surface area contributed by atoms with Gasteiger partial charge in [-0.2, -0.15) is 0 Å². The number of hydrogen-bond donors (Lipinski definition) is 0. The number of hydrogen-bond acceptors (Lipinski definition) is 6. The fraction of sp³-hybridized carbons (Fsp3) is 0.364. The third-order valence-corrected chi connectivity index (χ3v) is 2.09. The molecule has 0 N–H and O–H groups in total. The molecule has 0 saturated carbocycles. The zero-order valence-corrected chi connectivity index (χ0v) is 10.0. The quantitative estimate of drug-likeness (QED) is 0.664. The van der Waals surface area contributed by atoms with E-state index < -0.39 is 17.5 Å². The molecule has 0 saturated heterocycles. The fourth-order valence-electron chi connectivity index (χ4n) is 1.15. The number of esters is 2. The second-order valence-corrected chi connectivity index (χ2v) is 3.25. The Morgan fingerprint density at radius 3 is 2.50 bits per heavy atom. The fourth-order valence-corrected chi connectivity index (χ4v) is 1.15. The molecule has 7 heteroatoms. The second-order valence-electron chi connectivity index (χ2n) is 3.25. The Hall–Kier alpha value is -2.31. The summed E-state index contributed by atoms with van der Waals surface area (Å²) >= 11 is 0. The maximum Gasteiger partial charge on any atom is 0.343 e. The van der Waals surface area contributed by atoms with Gasteiger partial charge in [0.05, 0.1) is 14.2 Å². The highest BCUT2D eigenvalue weighted by Gasteiger charge is 2.09. The molecule has 7 nitrogen and oxygen atoms in total. The highest BCUT2D eigenvalue weighted by atomic mass is 16.6. The van der Waals surface area contributed by atoms with E-state index in [-0.39, 0.29) is 18.9 Å². The molecule has 0 aliphatic carbocycles. The molecule has 0 bridgehead atoms. The SMILES string of the molecule is COC(=O)COc1cccn(CC(=O)OC)c1=O. The van der Waals surface area contributed by atoms with Crippen LogP contribution < -0.4 is 10.3 Å². The molecule has 0 unspecified atom stereocenters. The minimum atomic E-state index is -0.599. The predicted octanol–water partition coefficient (Wildman–Crippen LogP) is -0.427. The van der Waals surface area contributed by atoms with Gasteiger partial charge in [-0.05, 0) is 12.1 Å². The summed E-state index contributed by atoms with van der Waals surface area (Å²) in [6.07, 6.45) is 1.42. The number of aromatic nitrogens is 1. The van der Waals surface area contributed by atoms with Crippen molar-refractivity contribution < 1.29 is 23.8 Å². The van der Waals surface area contributed by atoms with E-state index in [1.54, 1.807) is 0 Å². The molecule has 1 heterocycles. The summed E-state index contributed by atoms with van der Waals surface area (Å²) in [4.78, 5) is 33.7. The van der Waals surface area contributed by atoms with E-state index in [2.05, 4.69) is 9.47 Å². The minimum absolute atomic E-state index is 0.0354. The molecule has 0 aromatic carbocycles. The normalized spacial score (nSPS) is 9.67. The van der Waals surface area contributed by atoms with Gasteiger partial charge in [-0.15, -0.1) is 0 Å². The molecule has 1 aromatic heterocycles. The van der Waals surface area contributed by atoms with Crippen LogP contribution in [-0.2, 0) is 25.6 Å². The van der Waals surface area contributed by atoms with Crippen molar-refractivity contribution in [2.24, 2.45) is 0 Å². The number of nitrogens with zero attached hydrogens (tertiary/aromatic N) is 1. The van der Waals surface area contributed by atoms with Gasteiger partial charge in [0.1, 0.15) is 6.54 Å². The molecule has 18 heavy (non-hydrogen) atoms. The van der Waals surface area contributed by atoms with Gasteiger partial charge in [-0.1, -0.05) is 0 Å². The lowest BCUT2D eigenvalue weighted by Crippen LogP contribution is -2.26. The van der Waals surface area contributed by atoms with Crippen LogP contribution in [0.25, 0.3) is 0 Å². The maximum atomic E-state index is 11.8. The summed E-state index contributed by atoms with van der Waals surface area (Å²) in [5.41, 5.74) is -0.521. The molecule has 98 valence electrons. The lowest BCUT2D eigenvalue weighted by atomic mass is 10.4. The lowest BCUT2D eigenvalue weighted by Gasteiger charge is -2.07. The Labute approximate surface area is 103 Å². The minimum Gasteiger partial charge on any atom is -0.476 e. The topological polar surface area (TPSA) is 83.8 Å². The lowest BCUT2D eigenvalue weighted by molar-refractivity contribution is -0.143. The highest BCUT2D eigenvalue weighted by Crippen LogP contribution is 2.02. The van der Waals surface area contributed by atoms with Crippen LogP contribution in [0, 0.1) is 0 Å². The van der Waals surface area contributed by atoms with Crippen LogP contribution in [0.3, 0.4) is 0 Å². The Morgan fingerprint density at radius 2 is 1.89 bits per heavy atom. The average Bonchev–Trinajstić information content (AvgIpc) is 2.39. The van der Waals surface area contributed by atoms with Crippen molar-refractivity contribution in [3.8, 4) is 5.75 Å². The van der Waals surface area contributed by atoms with Crippen molar-refractivity contribution in [2.45, 2.75) is 6.54 Å². The number of rotatable bonds is 5. The van der Waals surface area contributed by atoms with Gasteiger partial charge in [0.2, 0.25) is 0 Å². The molecule has 0 amide bonds. The van der Waals surface area contributed by atoms with E-state index in [9.17, 15) is 14.4 Å². The Balaban J connectivity index is 2.82. The number of carbonyl (C=O) groups is 2. The van der Waals surface area contributed by atoms with Crippen LogP contribution in [0.1, 0.15) is 0 Å². The van der Waals surface area contributed by atoms with E-state index in [0.29, 0.717) is 0 Å². The van der Waals surface area contributed by atoms with Crippen molar-refractivity contribution in [3.05, 3.63) is 28.7 Å². The number of methoxy groups -OCH3 is 2. The number of pyridine rings is 1. The molecule has 0 spiro atoms. The van der Waals surface area contributed by atoms with E-state index >= 15 is 0 Å². The zero-order valence-electron chi connectivity index (χ0n) is 10.0. The Kier molecular flexibility index (Phi) is 4.91. The van der Waals surface area contributed by atoms with Crippen LogP contribution in [0.5, 0.6) is 5.75 Å². The second kappa shape index (κ2) is 6.43. The smallest absolute Gasteiger partial charge is 0.343 e. The van der Waals surface area contributed by atoms with E-state index in [4.69, 9.17) is 4.74 Å². The van der Waals surface area contributed by atoms with Crippen LogP contribution in [-0.4, -0.2) is 37.3 Å². The van der Waals surface area contributed by atoms with Gasteiger partial charge in [0.15, 0.2) is 12.4 Å². The number of carbonyl (C=O) groups excluding carboxylic acids is 2. The third kappa shape index (κ3) is 3.62. The summed E-state index contributed by atoms with van der Waals surface area (Å²) in [6.45, 7) is -0.585. The van der Waals surface area contributed by atoms with Gasteiger partial charge in [-0.25, -0.2) is 4.79 Å². The highest BCUT2D eigenvalue weighted by molar-refractivity contribution is 5.71. The van der Waals surface area contributed by atoms with Gasteiger partial charge in [0, 0.05) is 6.20 Å². The van der Waals surface area contributed by atoms with Crippen LogP contribution in [0.15, 0.2) is 23.1 Å². The molecule has 0 aliphatic rings. The van der Waals surface area contributed by atoms with Gasteiger partial charge in [-0.3, -0.25) is 9.59 Å². The van der Waals surface area contributed by atoms with Crippen molar-refractivity contribution in [3.63, 3.8) is 0 Å². The molecule has 0 aliphatic heterocycles. The summed E-state index contributed by atoms with van der Waals surface area (Å²) in [5.74, 6) is -1.19. The first-order valence-electron chi connectivity index (χ1n) is 5.04. The van der Waals surface area contributed by atoms with E-state index in [1.807, 2.05) is 0 Å². The van der Waals surface area contributed by atoms with Crippen LogP contribution in [0.2, 0.25) is 0 Å². The monoisotopic (exact) mass is 255 g/mol. The van der Waals surface area contributed by atoms with Crippen LogP contribution >= 0.6 is 0 Å². The van der Waals surface area contributed by atoms with E-state index in [1.165, 1.54) is 32.5 Å². The van der Waals surface area contributed by atoms with Crippen LogP contribution in [0.4, 0.5) is 0 Å². The van der Waals surface area contributed by atoms with Gasteiger partial charge >= 0.3 is 11.9 Å². The maximum absolute atomic E-state index is 11.8. The Bertz CT molecular complexity index is 493. The average molecular weight is 255 g/mol. The van der Waals surface area contributed by atoms with Crippen molar-refractivity contribution in [1.82, 2.24) is 4.57 Å². The molecule has 0 atom stereocenters. The molecule has 1 rings (SSSR count). The summed E-state index contributed by atoms with van der Waals surface area (Å²) in [5, 5.41) is 0. The van der Waals surface area contributed by atoms with Crippen molar-refractivity contribution in [1.29, 1.82) is 0 Å². The summed E-state index contributed by atoms with van der Waals surface area (Å²) < 4.78 is 14.9. The van der Waals surface area contributed by atoms with Gasteiger partial charge < -0.3 is 18.8 Å². The summed E-state index contributed by atoms with van der Waals surface area (Å²) in [7, 11) is 2.44.